The standard InChI is InChI=1S/C30H24N6/c1-3-13-25(27-15-9-17-29(33-27)35-21-7-5-19-31-35)23(11-1)24-12-2-4-14-26(24)28-16-10-18-30(34-28)36-22-8-6-20-32-36/h1-22,31-32H. The van der Waals surface area contributed by atoms with E-state index in [0.717, 1.165) is 45.3 Å². The summed E-state index contributed by atoms with van der Waals surface area (Å²) in [4.78, 5) is 9.93. The molecular formula is C30H24N6. The normalized spacial score (nSPS) is 14.0. The van der Waals surface area contributed by atoms with Gasteiger partial charge in [-0.3, -0.25) is 0 Å². The monoisotopic (exact) mass is 468 g/mol. The number of hydrogen-bond acceptors (Lipinski definition) is 6. The van der Waals surface area contributed by atoms with Crippen molar-refractivity contribution in [2.45, 2.75) is 0 Å². The zero-order valence-corrected chi connectivity index (χ0v) is 19.5. The van der Waals surface area contributed by atoms with E-state index in [1.165, 1.54) is 0 Å². The summed E-state index contributed by atoms with van der Waals surface area (Å²) < 4.78 is 0. The Morgan fingerprint density at radius 1 is 0.444 bits per heavy atom. The van der Waals surface area contributed by atoms with Gasteiger partial charge in [0, 0.05) is 35.9 Å². The van der Waals surface area contributed by atoms with Crippen LogP contribution in [0.2, 0.25) is 0 Å². The highest BCUT2D eigenvalue weighted by Crippen LogP contribution is 2.37. The fourth-order valence-electron chi connectivity index (χ4n) is 4.30. The van der Waals surface area contributed by atoms with Crippen LogP contribution in [0.3, 0.4) is 0 Å². The van der Waals surface area contributed by atoms with Crippen molar-refractivity contribution >= 4 is 11.6 Å². The van der Waals surface area contributed by atoms with Crippen LogP contribution in [0.5, 0.6) is 0 Å². The van der Waals surface area contributed by atoms with E-state index in [0.29, 0.717) is 0 Å². The minimum Gasteiger partial charge on any atom is -0.300 e. The highest BCUT2D eigenvalue weighted by molar-refractivity contribution is 5.90. The number of aromatic nitrogens is 2. The molecule has 0 radical (unpaired) electrons. The van der Waals surface area contributed by atoms with E-state index in [2.05, 4.69) is 71.5 Å². The molecule has 0 saturated heterocycles. The molecule has 6 heteroatoms. The first-order chi connectivity index (χ1) is 17.9. The van der Waals surface area contributed by atoms with Crippen LogP contribution in [0, 0.1) is 0 Å². The molecule has 0 atom stereocenters. The maximum absolute atomic E-state index is 4.96. The van der Waals surface area contributed by atoms with Crippen LogP contribution in [0.25, 0.3) is 33.6 Å². The van der Waals surface area contributed by atoms with Crippen LogP contribution in [-0.4, -0.2) is 9.97 Å². The van der Waals surface area contributed by atoms with Gasteiger partial charge in [0.05, 0.1) is 11.4 Å². The van der Waals surface area contributed by atoms with Crippen molar-refractivity contribution in [1.29, 1.82) is 0 Å². The molecule has 6 rings (SSSR count). The number of rotatable bonds is 5. The number of pyridine rings is 2. The molecule has 0 aliphatic carbocycles. The summed E-state index contributed by atoms with van der Waals surface area (Å²) in [5, 5.41) is 3.79. The Bertz CT molecular complexity index is 1400. The maximum Gasteiger partial charge on any atom is 0.151 e. The Kier molecular flexibility index (Phi) is 5.74. The topological polar surface area (TPSA) is 56.3 Å². The molecule has 2 N–H and O–H groups in total. The first-order valence-electron chi connectivity index (χ1n) is 11.8. The molecule has 0 fully saturated rings. The van der Waals surface area contributed by atoms with Crippen molar-refractivity contribution in [3.8, 4) is 33.6 Å². The lowest BCUT2D eigenvalue weighted by Gasteiger charge is -2.22. The van der Waals surface area contributed by atoms with Gasteiger partial charge in [-0.15, -0.1) is 0 Å². The maximum atomic E-state index is 4.96. The van der Waals surface area contributed by atoms with Crippen molar-refractivity contribution in [3.63, 3.8) is 0 Å². The number of allylic oxidation sites excluding steroid dienone is 4. The molecule has 2 aromatic carbocycles. The van der Waals surface area contributed by atoms with Crippen molar-refractivity contribution < 1.29 is 0 Å². The lowest BCUT2D eigenvalue weighted by atomic mass is 9.92. The van der Waals surface area contributed by atoms with Crippen molar-refractivity contribution in [1.82, 2.24) is 20.8 Å². The van der Waals surface area contributed by atoms with Gasteiger partial charge in [-0.2, -0.15) is 0 Å². The molecule has 0 amide bonds. The zero-order valence-electron chi connectivity index (χ0n) is 19.5. The number of nitrogens with zero attached hydrogens (tertiary/aromatic N) is 4. The molecule has 0 saturated carbocycles. The van der Waals surface area contributed by atoms with Crippen LogP contribution >= 0.6 is 0 Å². The van der Waals surface area contributed by atoms with Gasteiger partial charge in [0.25, 0.3) is 0 Å². The second-order valence-corrected chi connectivity index (χ2v) is 8.25. The van der Waals surface area contributed by atoms with Gasteiger partial charge >= 0.3 is 0 Å². The minimum atomic E-state index is 0.821. The van der Waals surface area contributed by atoms with Gasteiger partial charge in [-0.05, 0) is 59.7 Å². The van der Waals surface area contributed by atoms with Gasteiger partial charge < -0.3 is 10.9 Å². The Balaban J connectivity index is 1.42. The summed E-state index contributed by atoms with van der Waals surface area (Å²) >= 11 is 0. The Morgan fingerprint density at radius 3 is 1.31 bits per heavy atom. The molecule has 4 aromatic rings. The van der Waals surface area contributed by atoms with Gasteiger partial charge in [-0.25, -0.2) is 20.0 Å². The summed E-state index contributed by atoms with van der Waals surface area (Å²) in [6, 6.07) is 28.9. The number of nitrogens with one attached hydrogen (secondary N) is 2. The molecule has 36 heavy (non-hydrogen) atoms. The molecule has 6 nitrogen and oxygen atoms in total. The SMILES string of the molecule is C1=CNN(c2cccc(-c3ccccc3-c3ccccc3-c3cccc(N4C=CC=CN4)n3)n2)C=C1. The smallest absolute Gasteiger partial charge is 0.151 e. The third-order valence-corrected chi connectivity index (χ3v) is 5.97. The Labute approximate surface area is 210 Å². The summed E-state index contributed by atoms with van der Waals surface area (Å²) in [6.07, 6.45) is 15.5. The van der Waals surface area contributed by atoms with Crippen LogP contribution in [0.1, 0.15) is 0 Å². The second-order valence-electron chi connectivity index (χ2n) is 8.25. The molecule has 2 aliphatic heterocycles. The summed E-state index contributed by atoms with van der Waals surface area (Å²) in [6.45, 7) is 0. The minimum absolute atomic E-state index is 0.821. The molecule has 0 unspecified atom stereocenters. The lowest BCUT2D eigenvalue weighted by Crippen LogP contribution is -2.30. The van der Waals surface area contributed by atoms with E-state index in [1.54, 1.807) is 0 Å². The van der Waals surface area contributed by atoms with Crippen molar-refractivity contribution in [2.24, 2.45) is 0 Å². The quantitative estimate of drug-likeness (QED) is 0.365. The Hall–Kier alpha value is -5.10. The predicted molar refractivity (Wildman–Crippen MR) is 146 cm³/mol. The Morgan fingerprint density at radius 2 is 0.889 bits per heavy atom. The van der Waals surface area contributed by atoms with E-state index in [-0.39, 0.29) is 0 Å². The van der Waals surface area contributed by atoms with Crippen molar-refractivity contribution in [2.75, 3.05) is 10.0 Å². The van der Waals surface area contributed by atoms with Gasteiger partial charge in [0.2, 0.25) is 0 Å². The van der Waals surface area contributed by atoms with E-state index in [4.69, 9.17) is 9.97 Å². The summed E-state index contributed by atoms with van der Waals surface area (Å²) in [7, 11) is 0. The fraction of sp³-hybridized carbons (Fsp3) is 0. The highest BCUT2D eigenvalue weighted by atomic mass is 15.5. The first-order valence-corrected chi connectivity index (χ1v) is 11.8. The van der Waals surface area contributed by atoms with Crippen LogP contribution in [-0.2, 0) is 0 Å². The average molecular weight is 469 g/mol. The predicted octanol–water partition coefficient (Wildman–Crippen LogP) is 6.18. The largest absolute Gasteiger partial charge is 0.300 e. The molecule has 0 bridgehead atoms. The number of benzene rings is 2. The third-order valence-electron chi connectivity index (χ3n) is 5.97. The van der Waals surface area contributed by atoms with E-state index >= 15 is 0 Å². The lowest BCUT2D eigenvalue weighted by molar-refractivity contribution is 0.849. The number of anilines is 2. The van der Waals surface area contributed by atoms with E-state index < -0.39 is 0 Å². The molecule has 4 heterocycles. The summed E-state index contributed by atoms with van der Waals surface area (Å²) in [5.41, 5.74) is 12.5. The molecule has 0 spiro atoms. The zero-order chi connectivity index (χ0) is 24.2. The molecule has 174 valence electrons. The van der Waals surface area contributed by atoms with Crippen molar-refractivity contribution in [3.05, 3.63) is 134 Å². The molecule has 2 aliphatic rings. The van der Waals surface area contributed by atoms with Crippen LogP contribution < -0.4 is 20.9 Å². The third kappa shape index (κ3) is 4.23. The average Bonchev–Trinajstić information content (AvgIpc) is 2.98. The molecular weight excluding hydrogens is 444 g/mol. The van der Waals surface area contributed by atoms with Crippen LogP contribution in [0.4, 0.5) is 11.6 Å². The number of hydrogen-bond donors (Lipinski definition) is 2. The molecule has 2 aromatic heterocycles. The van der Waals surface area contributed by atoms with E-state index in [1.807, 2.05) is 83.4 Å². The second kappa shape index (κ2) is 9.64. The van der Waals surface area contributed by atoms with Gasteiger partial charge in [0.15, 0.2) is 11.6 Å². The van der Waals surface area contributed by atoms with Gasteiger partial charge in [-0.1, -0.05) is 60.7 Å². The fourth-order valence-corrected chi connectivity index (χ4v) is 4.30. The van der Waals surface area contributed by atoms with Crippen LogP contribution in [0.15, 0.2) is 134 Å². The van der Waals surface area contributed by atoms with Gasteiger partial charge in [0.1, 0.15) is 0 Å². The number of hydrazine groups is 2. The summed E-state index contributed by atoms with van der Waals surface area (Å²) in [5.74, 6) is 1.64. The van der Waals surface area contributed by atoms with E-state index in [9.17, 15) is 0 Å². The first kappa shape index (κ1) is 21.4. The highest BCUT2D eigenvalue weighted by Gasteiger charge is 2.16.